The Balaban J connectivity index is 3.17. The molecule has 0 bridgehead atoms. The molecule has 0 fully saturated rings. The molecule has 0 aliphatic heterocycles. The van der Waals surface area contributed by atoms with Crippen LogP contribution in [0.15, 0.2) is 18.2 Å². The van der Waals surface area contributed by atoms with Crippen LogP contribution in [0.25, 0.3) is 0 Å². The molecule has 0 radical (unpaired) electrons. The Labute approximate surface area is 80.7 Å². The molecule has 70 valence electrons. The normalized spacial score (nSPS) is 10.0. The van der Waals surface area contributed by atoms with Crippen molar-refractivity contribution in [3.8, 4) is 0 Å². The monoisotopic (exact) mass is 200 g/mol. The highest BCUT2D eigenvalue weighted by atomic mass is 35.5. The molecule has 0 unspecified atom stereocenters. The van der Waals surface area contributed by atoms with E-state index in [4.69, 9.17) is 11.6 Å². The van der Waals surface area contributed by atoms with Crippen LogP contribution in [0.3, 0.4) is 0 Å². The highest BCUT2D eigenvalue weighted by Crippen LogP contribution is 2.25. The van der Waals surface area contributed by atoms with Crippen LogP contribution in [-0.4, -0.2) is 12.0 Å². The van der Waals surface area contributed by atoms with Crippen LogP contribution < -0.4 is 5.32 Å². The highest BCUT2D eigenvalue weighted by molar-refractivity contribution is 6.31. The van der Waals surface area contributed by atoms with Gasteiger partial charge in [-0.15, -0.1) is 0 Å². The first kappa shape index (κ1) is 9.95. The first-order chi connectivity index (χ1) is 6.16. The number of nitrogens with one attached hydrogen (secondary N) is 1. The van der Waals surface area contributed by atoms with E-state index in [1.807, 2.05) is 0 Å². The van der Waals surface area contributed by atoms with Gasteiger partial charge in [-0.1, -0.05) is 17.7 Å². The van der Waals surface area contributed by atoms with Gasteiger partial charge in [0.2, 0.25) is 0 Å². The minimum Gasteiger partial charge on any atom is -0.315 e. The first-order valence-corrected chi connectivity index (χ1v) is 4.11. The molecular formula is C8H9ClN2O2. The maximum atomic E-state index is 10.6. The maximum absolute atomic E-state index is 10.6. The Morgan fingerprint density at radius 1 is 1.62 bits per heavy atom. The van der Waals surface area contributed by atoms with Crippen molar-refractivity contribution in [2.75, 3.05) is 7.05 Å². The number of hydrogen-bond donors (Lipinski definition) is 1. The van der Waals surface area contributed by atoms with E-state index in [2.05, 4.69) is 5.32 Å². The molecule has 0 aliphatic carbocycles. The second kappa shape index (κ2) is 4.20. The Hall–Kier alpha value is -1.13. The van der Waals surface area contributed by atoms with Gasteiger partial charge < -0.3 is 5.32 Å². The van der Waals surface area contributed by atoms with Gasteiger partial charge in [-0.05, 0) is 13.1 Å². The van der Waals surface area contributed by atoms with E-state index in [-0.39, 0.29) is 5.69 Å². The molecular weight excluding hydrogens is 192 g/mol. The lowest BCUT2D eigenvalue weighted by Crippen LogP contribution is -2.08. The summed E-state index contributed by atoms with van der Waals surface area (Å²) in [6, 6.07) is 4.65. The van der Waals surface area contributed by atoms with E-state index in [9.17, 15) is 10.1 Å². The van der Waals surface area contributed by atoms with Gasteiger partial charge in [-0.25, -0.2) is 0 Å². The average Bonchev–Trinajstić information content (AvgIpc) is 2.08. The third-order valence-corrected chi connectivity index (χ3v) is 2.00. The van der Waals surface area contributed by atoms with Crippen molar-refractivity contribution in [3.63, 3.8) is 0 Å². The summed E-state index contributed by atoms with van der Waals surface area (Å²) < 4.78 is 0. The summed E-state index contributed by atoms with van der Waals surface area (Å²) in [6.45, 7) is 0.399. The van der Waals surface area contributed by atoms with Gasteiger partial charge >= 0.3 is 0 Å². The quantitative estimate of drug-likeness (QED) is 0.600. The van der Waals surface area contributed by atoms with Crippen molar-refractivity contribution >= 4 is 17.3 Å². The summed E-state index contributed by atoms with van der Waals surface area (Å²) in [4.78, 5) is 10.1. The van der Waals surface area contributed by atoms with E-state index in [1.54, 1.807) is 19.2 Å². The Kier molecular flexibility index (Phi) is 3.22. The SMILES string of the molecule is CNCc1c(Cl)cccc1[N+](=O)[O-]. The minimum atomic E-state index is -0.432. The zero-order chi connectivity index (χ0) is 9.84. The third kappa shape index (κ3) is 2.17. The smallest absolute Gasteiger partial charge is 0.275 e. The van der Waals surface area contributed by atoms with Crippen LogP contribution in [0, 0.1) is 10.1 Å². The number of hydrogen-bond acceptors (Lipinski definition) is 3. The van der Waals surface area contributed by atoms with Crippen molar-refractivity contribution < 1.29 is 4.92 Å². The second-order valence-electron chi connectivity index (χ2n) is 2.52. The Morgan fingerprint density at radius 3 is 2.85 bits per heavy atom. The van der Waals surface area contributed by atoms with Gasteiger partial charge in [0.05, 0.1) is 15.5 Å². The molecule has 0 saturated heterocycles. The van der Waals surface area contributed by atoms with Gasteiger partial charge in [0.1, 0.15) is 0 Å². The molecule has 13 heavy (non-hydrogen) atoms. The Morgan fingerprint density at radius 2 is 2.31 bits per heavy atom. The molecule has 0 spiro atoms. The van der Waals surface area contributed by atoms with Crippen molar-refractivity contribution in [2.24, 2.45) is 0 Å². The number of nitro benzene ring substituents is 1. The minimum absolute atomic E-state index is 0.0573. The summed E-state index contributed by atoms with van der Waals surface area (Å²) in [6.07, 6.45) is 0. The van der Waals surface area contributed by atoms with Crippen molar-refractivity contribution in [3.05, 3.63) is 38.9 Å². The molecule has 1 aromatic carbocycles. The zero-order valence-corrected chi connectivity index (χ0v) is 7.84. The molecule has 0 atom stereocenters. The third-order valence-electron chi connectivity index (χ3n) is 1.64. The zero-order valence-electron chi connectivity index (χ0n) is 7.08. The van der Waals surface area contributed by atoms with Crippen molar-refractivity contribution in [1.29, 1.82) is 0 Å². The predicted molar refractivity (Wildman–Crippen MR) is 50.9 cm³/mol. The average molecular weight is 201 g/mol. The van der Waals surface area contributed by atoms with E-state index in [0.717, 1.165) is 0 Å². The standard InChI is InChI=1S/C8H9ClN2O2/c1-10-5-6-7(9)3-2-4-8(6)11(12)13/h2-4,10H,5H2,1H3. The van der Waals surface area contributed by atoms with Crippen LogP contribution in [0.1, 0.15) is 5.56 Å². The van der Waals surface area contributed by atoms with Gasteiger partial charge in [0.25, 0.3) is 5.69 Å². The van der Waals surface area contributed by atoms with Crippen LogP contribution in [0.4, 0.5) is 5.69 Å². The van der Waals surface area contributed by atoms with E-state index >= 15 is 0 Å². The van der Waals surface area contributed by atoms with Crippen LogP contribution >= 0.6 is 11.6 Å². The molecule has 0 aliphatic rings. The number of rotatable bonds is 3. The van der Waals surface area contributed by atoms with Crippen molar-refractivity contribution in [1.82, 2.24) is 5.32 Å². The lowest BCUT2D eigenvalue weighted by Gasteiger charge is -2.03. The van der Waals surface area contributed by atoms with E-state index < -0.39 is 4.92 Å². The highest BCUT2D eigenvalue weighted by Gasteiger charge is 2.14. The molecule has 1 N–H and O–H groups in total. The van der Waals surface area contributed by atoms with Crippen LogP contribution in [0.2, 0.25) is 5.02 Å². The number of halogens is 1. The van der Waals surface area contributed by atoms with Gasteiger partial charge in [0.15, 0.2) is 0 Å². The van der Waals surface area contributed by atoms with Gasteiger partial charge in [-0.2, -0.15) is 0 Å². The van der Waals surface area contributed by atoms with Crippen molar-refractivity contribution in [2.45, 2.75) is 6.54 Å². The fourth-order valence-electron chi connectivity index (χ4n) is 1.07. The molecule has 5 heteroatoms. The molecule has 0 heterocycles. The number of benzene rings is 1. The largest absolute Gasteiger partial charge is 0.315 e. The molecule has 4 nitrogen and oxygen atoms in total. The maximum Gasteiger partial charge on any atom is 0.275 e. The van der Waals surface area contributed by atoms with Gasteiger partial charge in [0, 0.05) is 12.6 Å². The molecule has 1 rings (SSSR count). The predicted octanol–water partition coefficient (Wildman–Crippen LogP) is 1.97. The topological polar surface area (TPSA) is 55.2 Å². The summed E-state index contributed by atoms with van der Waals surface area (Å²) in [5.74, 6) is 0. The fraction of sp³-hybridized carbons (Fsp3) is 0.250. The molecule has 1 aromatic rings. The molecule has 0 amide bonds. The lowest BCUT2D eigenvalue weighted by atomic mass is 10.2. The van der Waals surface area contributed by atoms with E-state index in [0.29, 0.717) is 17.1 Å². The summed E-state index contributed by atoms with van der Waals surface area (Å²) in [7, 11) is 1.72. The van der Waals surface area contributed by atoms with Crippen LogP contribution in [-0.2, 0) is 6.54 Å². The van der Waals surface area contributed by atoms with Gasteiger partial charge in [-0.3, -0.25) is 10.1 Å². The fourth-order valence-corrected chi connectivity index (χ4v) is 1.31. The molecule has 0 aromatic heterocycles. The van der Waals surface area contributed by atoms with Crippen LogP contribution in [0.5, 0.6) is 0 Å². The number of nitrogens with zero attached hydrogens (tertiary/aromatic N) is 1. The lowest BCUT2D eigenvalue weighted by molar-refractivity contribution is -0.385. The number of nitro groups is 1. The van der Waals surface area contributed by atoms with E-state index in [1.165, 1.54) is 6.07 Å². The summed E-state index contributed by atoms with van der Waals surface area (Å²) >= 11 is 5.81. The summed E-state index contributed by atoms with van der Waals surface area (Å²) in [5, 5.41) is 13.8. The molecule has 0 saturated carbocycles. The summed E-state index contributed by atoms with van der Waals surface area (Å²) in [5.41, 5.74) is 0.582. The second-order valence-corrected chi connectivity index (χ2v) is 2.93. The first-order valence-electron chi connectivity index (χ1n) is 3.73. The Bertz CT molecular complexity index is 328.